The molecule has 1 aromatic heterocycles. The number of carboxylic acid groups (broad SMARTS) is 1. The monoisotopic (exact) mass is 205 g/mol. The van der Waals surface area contributed by atoms with Gasteiger partial charge in [-0.15, -0.1) is 0 Å². The first kappa shape index (κ1) is 10.1. The van der Waals surface area contributed by atoms with Crippen LogP contribution < -0.4 is 0 Å². The molecule has 1 N–H and O–H groups in total. The summed E-state index contributed by atoms with van der Waals surface area (Å²) in [6.45, 7) is 0. The molecule has 0 amide bonds. The van der Waals surface area contributed by atoms with Gasteiger partial charge in [0.25, 0.3) is 0 Å². The van der Waals surface area contributed by atoms with Crippen LogP contribution in [-0.2, 0) is 4.79 Å². The number of aliphatic carboxylic acids is 1. The zero-order chi connectivity index (χ0) is 10.7. The maximum Gasteiger partial charge on any atom is 0.311 e. The minimum atomic E-state index is -0.701. The highest BCUT2D eigenvalue weighted by Crippen LogP contribution is 2.37. The fraction of sp³-hybridized carbons (Fsp3) is 0.500. The van der Waals surface area contributed by atoms with Crippen LogP contribution in [0.4, 0.5) is 0 Å². The van der Waals surface area contributed by atoms with E-state index in [2.05, 4.69) is 4.98 Å². The van der Waals surface area contributed by atoms with Gasteiger partial charge in [0.15, 0.2) is 0 Å². The lowest BCUT2D eigenvalue weighted by Crippen LogP contribution is -2.19. The Hall–Kier alpha value is -1.38. The molecule has 1 heterocycles. The summed E-state index contributed by atoms with van der Waals surface area (Å²) in [7, 11) is 0. The van der Waals surface area contributed by atoms with E-state index in [0.29, 0.717) is 5.92 Å². The Morgan fingerprint density at radius 3 is 2.47 bits per heavy atom. The van der Waals surface area contributed by atoms with Crippen LogP contribution in [0.15, 0.2) is 24.5 Å². The standard InChI is InChI=1S/C12H15NO2/c14-12(15)11(9-3-1-2-4-9)10-5-7-13-8-6-10/h5-9,11H,1-4H2,(H,14,15). The topological polar surface area (TPSA) is 50.2 Å². The summed E-state index contributed by atoms with van der Waals surface area (Å²) >= 11 is 0. The number of carboxylic acids is 1. The van der Waals surface area contributed by atoms with Crippen molar-refractivity contribution in [2.24, 2.45) is 5.92 Å². The molecule has 3 nitrogen and oxygen atoms in total. The highest BCUT2D eigenvalue weighted by Gasteiger charge is 2.31. The Balaban J connectivity index is 2.23. The molecule has 0 saturated heterocycles. The second kappa shape index (κ2) is 4.43. The maximum atomic E-state index is 11.3. The summed E-state index contributed by atoms with van der Waals surface area (Å²) in [4.78, 5) is 15.2. The van der Waals surface area contributed by atoms with Gasteiger partial charge in [-0.3, -0.25) is 9.78 Å². The van der Waals surface area contributed by atoms with Gasteiger partial charge in [0.2, 0.25) is 0 Å². The van der Waals surface area contributed by atoms with Gasteiger partial charge in [-0.05, 0) is 36.5 Å². The van der Waals surface area contributed by atoms with Gasteiger partial charge in [0.05, 0.1) is 5.92 Å². The molecule has 0 spiro atoms. The molecular formula is C12H15NO2. The number of aromatic nitrogens is 1. The SMILES string of the molecule is O=C(O)C(c1ccncc1)C1CCCC1. The summed E-state index contributed by atoms with van der Waals surface area (Å²) < 4.78 is 0. The van der Waals surface area contributed by atoms with Crippen LogP contribution in [0.1, 0.15) is 37.2 Å². The molecule has 0 aromatic carbocycles. The molecule has 15 heavy (non-hydrogen) atoms. The summed E-state index contributed by atoms with van der Waals surface area (Å²) in [5, 5.41) is 9.27. The van der Waals surface area contributed by atoms with Gasteiger partial charge >= 0.3 is 5.97 Å². The average Bonchev–Trinajstić information content (AvgIpc) is 2.72. The molecule has 1 unspecified atom stereocenters. The fourth-order valence-electron chi connectivity index (χ4n) is 2.48. The van der Waals surface area contributed by atoms with Gasteiger partial charge in [-0.1, -0.05) is 12.8 Å². The lowest BCUT2D eigenvalue weighted by atomic mass is 9.85. The molecule has 1 aliphatic carbocycles. The van der Waals surface area contributed by atoms with Crippen LogP contribution in [0.3, 0.4) is 0 Å². The minimum Gasteiger partial charge on any atom is -0.481 e. The van der Waals surface area contributed by atoms with Crippen molar-refractivity contribution in [2.75, 3.05) is 0 Å². The summed E-state index contributed by atoms with van der Waals surface area (Å²) in [5.41, 5.74) is 0.893. The molecule has 1 atom stereocenters. The van der Waals surface area contributed by atoms with Crippen molar-refractivity contribution < 1.29 is 9.90 Å². The molecule has 0 radical (unpaired) electrons. The van der Waals surface area contributed by atoms with Gasteiger partial charge in [-0.2, -0.15) is 0 Å². The minimum absolute atomic E-state index is 0.310. The van der Waals surface area contributed by atoms with Crippen molar-refractivity contribution in [3.8, 4) is 0 Å². The smallest absolute Gasteiger partial charge is 0.311 e. The van der Waals surface area contributed by atoms with E-state index in [1.807, 2.05) is 12.1 Å². The molecule has 0 aliphatic heterocycles. The van der Waals surface area contributed by atoms with E-state index in [1.54, 1.807) is 12.4 Å². The second-order valence-electron chi connectivity index (χ2n) is 4.14. The van der Waals surface area contributed by atoms with Gasteiger partial charge in [-0.25, -0.2) is 0 Å². The third kappa shape index (κ3) is 2.17. The predicted molar refractivity (Wildman–Crippen MR) is 56.6 cm³/mol. The van der Waals surface area contributed by atoms with Crippen molar-refractivity contribution in [3.05, 3.63) is 30.1 Å². The van der Waals surface area contributed by atoms with Crippen molar-refractivity contribution in [1.82, 2.24) is 4.98 Å². The number of hydrogen-bond acceptors (Lipinski definition) is 2. The van der Waals surface area contributed by atoms with E-state index in [9.17, 15) is 9.90 Å². The van der Waals surface area contributed by atoms with E-state index in [0.717, 1.165) is 18.4 Å². The van der Waals surface area contributed by atoms with Crippen molar-refractivity contribution in [1.29, 1.82) is 0 Å². The molecule has 1 fully saturated rings. The summed E-state index contributed by atoms with van der Waals surface area (Å²) in [6.07, 6.45) is 7.75. The Morgan fingerprint density at radius 1 is 1.33 bits per heavy atom. The molecule has 1 aromatic rings. The maximum absolute atomic E-state index is 11.3. The van der Waals surface area contributed by atoms with Gasteiger partial charge in [0, 0.05) is 12.4 Å². The molecule has 3 heteroatoms. The number of rotatable bonds is 3. The normalized spacial score (nSPS) is 18.9. The third-order valence-corrected chi connectivity index (χ3v) is 3.20. The quantitative estimate of drug-likeness (QED) is 0.824. The van der Waals surface area contributed by atoms with Crippen LogP contribution in [0, 0.1) is 5.92 Å². The van der Waals surface area contributed by atoms with Crippen LogP contribution in [0.25, 0.3) is 0 Å². The Labute approximate surface area is 89.2 Å². The number of nitrogens with zero attached hydrogens (tertiary/aromatic N) is 1. The lowest BCUT2D eigenvalue weighted by Gasteiger charge is -2.19. The largest absolute Gasteiger partial charge is 0.481 e. The van der Waals surface area contributed by atoms with Crippen molar-refractivity contribution in [3.63, 3.8) is 0 Å². The third-order valence-electron chi connectivity index (χ3n) is 3.20. The van der Waals surface area contributed by atoms with Gasteiger partial charge in [0.1, 0.15) is 0 Å². The summed E-state index contributed by atoms with van der Waals surface area (Å²) in [6, 6.07) is 3.63. The Kier molecular flexibility index (Phi) is 2.99. The van der Waals surface area contributed by atoms with E-state index in [1.165, 1.54) is 12.8 Å². The van der Waals surface area contributed by atoms with Crippen molar-refractivity contribution in [2.45, 2.75) is 31.6 Å². The second-order valence-corrected chi connectivity index (χ2v) is 4.14. The fourth-order valence-corrected chi connectivity index (χ4v) is 2.48. The lowest BCUT2D eigenvalue weighted by molar-refractivity contribution is -0.140. The zero-order valence-corrected chi connectivity index (χ0v) is 8.60. The number of hydrogen-bond donors (Lipinski definition) is 1. The van der Waals surface area contributed by atoms with Crippen molar-refractivity contribution >= 4 is 5.97 Å². The van der Waals surface area contributed by atoms with E-state index >= 15 is 0 Å². The average molecular weight is 205 g/mol. The number of carbonyl (C=O) groups is 1. The molecule has 1 saturated carbocycles. The van der Waals surface area contributed by atoms with E-state index in [-0.39, 0.29) is 5.92 Å². The molecule has 2 rings (SSSR count). The Morgan fingerprint density at radius 2 is 1.93 bits per heavy atom. The van der Waals surface area contributed by atoms with Crippen LogP contribution in [0.5, 0.6) is 0 Å². The first-order chi connectivity index (χ1) is 7.29. The van der Waals surface area contributed by atoms with E-state index in [4.69, 9.17) is 0 Å². The molecular weight excluding hydrogens is 190 g/mol. The predicted octanol–water partition coefficient (Wildman–Crippen LogP) is 2.44. The highest BCUT2D eigenvalue weighted by atomic mass is 16.4. The zero-order valence-electron chi connectivity index (χ0n) is 8.60. The number of pyridine rings is 1. The van der Waals surface area contributed by atoms with Gasteiger partial charge < -0.3 is 5.11 Å². The first-order valence-electron chi connectivity index (χ1n) is 5.42. The first-order valence-corrected chi connectivity index (χ1v) is 5.42. The summed E-state index contributed by atoms with van der Waals surface area (Å²) in [5.74, 6) is -0.728. The van der Waals surface area contributed by atoms with Crippen LogP contribution >= 0.6 is 0 Å². The van der Waals surface area contributed by atoms with Crippen LogP contribution in [-0.4, -0.2) is 16.1 Å². The Bertz CT molecular complexity index is 331. The molecule has 80 valence electrons. The molecule has 1 aliphatic rings. The van der Waals surface area contributed by atoms with Crippen LogP contribution in [0.2, 0.25) is 0 Å². The highest BCUT2D eigenvalue weighted by molar-refractivity contribution is 5.76. The van der Waals surface area contributed by atoms with E-state index < -0.39 is 5.97 Å². The molecule has 0 bridgehead atoms.